The maximum absolute atomic E-state index is 6.01. The van der Waals surface area contributed by atoms with Crippen molar-refractivity contribution in [2.45, 2.75) is 38.5 Å². The number of halogens is 1. The van der Waals surface area contributed by atoms with Gasteiger partial charge in [-0.2, -0.15) is 0 Å². The molecule has 0 saturated carbocycles. The highest BCUT2D eigenvalue weighted by atomic mass is 35.5. The minimum atomic E-state index is 0.415. The molecule has 0 aliphatic carbocycles. The molecular formula is C18H25ClN2O2. The summed E-state index contributed by atoms with van der Waals surface area (Å²) in [5.74, 6) is 1.28. The number of hydrogen-bond acceptors (Lipinski definition) is 4. The van der Waals surface area contributed by atoms with Gasteiger partial charge >= 0.3 is 0 Å². The van der Waals surface area contributed by atoms with Crippen LogP contribution < -0.4 is 0 Å². The van der Waals surface area contributed by atoms with Crippen LogP contribution in [0.1, 0.15) is 44.4 Å². The first-order chi connectivity index (χ1) is 11.3. The van der Waals surface area contributed by atoms with Crippen LogP contribution in [-0.2, 0) is 4.74 Å². The van der Waals surface area contributed by atoms with E-state index in [9.17, 15) is 0 Å². The van der Waals surface area contributed by atoms with Crippen molar-refractivity contribution < 1.29 is 9.15 Å². The number of benzene rings is 1. The number of nitrogens with zero attached hydrogens (tertiary/aromatic N) is 2. The highest BCUT2D eigenvalue weighted by Crippen LogP contribution is 2.30. The summed E-state index contributed by atoms with van der Waals surface area (Å²) in [4.78, 5) is 7.10. The highest BCUT2D eigenvalue weighted by Gasteiger charge is 2.24. The summed E-state index contributed by atoms with van der Waals surface area (Å²) in [6.07, 6.45) is 4.54. The smallest absolute Gasteiger partial charge is 0.198 e. The Labute approximate surface area is 142 Å². The van der Waals surface area contributed by atoms with Crippen molar-refractivity contribution in [1.82, 2.24) is 9.88 Å². The zero-order valence-corrected chi connectivity index (χ0v) is 14.5. The van der Waals surface area contributed by atoms with E-state index >= 15 is 0 Å². The van der Waals surface area contributed by atoms with Gasteiger partial charge in [-0.1, -0.05) is 24.9 Å². The molecule has 126 valence electrons. The summed E-state index contributed by atoms with van der Waals surface area (Å²) in [6.45, 7) is 7.11. The van der Waals surface area contributed by atoms with E-state index < -0.39 is 0 Å². The number of oxazole rings is 1. The average Bonchev–Trinajstić information content (AvgIpc) is 2.98. The van der Waals surface area contributed by atoms with Gasteiger partial charge in [0.05, 0.1) is 6.61 Å². The van der Waals surface area contributed by atoms with E-state index in [1.165, 1.54) is 6.42 Å². The lowest BCUT2D eigenvalue weighted by atomic mass is 9.97. The summed E-state index contributed by atoms with van der Waals surface area (Å²) in [5, 5.41) is 0.704. The Kier molecular flexibility index (Phi) is 5.92. The molecule has 4 nitrogen and oxygen atoms in total. The van der Waals surface area contributed by atoms with E-state index in [0.717, 1.165) is 69.1 Å². The Morgan fingerprint density at radius 3 is 2.91 bits per heavy atom. The topological polar surface area (TPSA) is 38.5 Å². The monoisotopic (exact) mass is 336 g/mol. The lowest BCUT2D eigenvalue weighted by molar-refractivity contribution is 0.0907. The largest absolute Gasteiger partial charge is 0.440 e. The van der Waals surface area contributed by atoms with Gasteiger partial charge in [0.1, 0.15) is 5.52 Å². The van der Waals surface area contributed by atoms with E-state index in [2.05, 4.69) is 16.8 Å². The Balaban J connectivity index is 1.48. The second-order valence-corrected chi connectivity index (χ2v) is 6.68. The van der Waals surface area contributed by atoms with Crippen LogP contribution in [0, 0.1) is 0 Å². The summed E-state index contributed by atoms with van der Waals surface area (Å²) >= 11 is 6.01. The quantitative estimate of drug-likeness (QED) is 0.699. The van der Waals surface area contributed by atoms with E-state index in [1.54, 1.807) is 0 Å². The molecule has 0 unspecified atom stereocenters. The Morgan fingerprint density at radius 1 is 1.30 bits per heavy atom. The summed E-state index contributed by atoms with van der Waals surface area (Å²) in [7, 11) is 0. The highest BCUT2D eigenvalue weighted by molar-refractivity contribution is 6.31. The minimum absolute atomic E-state index is 0.415. The zero-order valence-electron chi connectivity index (χ0n) is 13.8. The van der Waals surface area contributed by atoms with Gasteiger partial charge < -0.3 is 14.1 Å². The van der Waals surface area contributed by atoms with E-state index in [-0.39, 0.29) is 0 Å². The van der Waals surface area contributed by atoms with Gasteiger partial charge in [0.2, 0.25) is 0 Å². The fourth-order valence-electron chi connectivity index (χ4n) is 3.04. The second-order valence-electron chi connectivity index (χ2n) is 6.25. The maximum atomic E-state index is 6.01. The zero-order chi connectivity index (χ0) is 16.1. The summed E-state index contributed by atoms with van der Waals surface area (Å²) in [5.41, 5.74) is 1.69. The molecule has 0 N–H and O–H groups in total. The SMILES string of the molecule is CCCCOCCN1CCC(c2nc3cc(Cl)ccc3o2)CC1. The molecule has 2 aromatic rings. The Morgan fingerprint density at radius 2 is 2.13 bits per heavy atom. The molecule has 0 radical (unpaired) electrons. The predicted molar refractivity (Wildman–Crippen MR) is 93.2 cm³/mol. The van der Waals surface area contributed by atoms with Crippen molar-refractivity contribution in [3.63, 3.8) is 0 Å². The lowest BCUT2D eigenvalue weighted by Crippen LogP contribution is -2.35. The molecule has 23 heavy (non-hydrogen) atoms. The first kappa shape index (κ1) is 16.7. The second kappa shape index (κ2) is 8.13. The van der Waals surface area contributed by atoms with Crippen LogP contribution in [0.3, 0.4) is 0 Å². The number of hydrogen-bond donors (Lipinski definition) is 0. The molecule has 3 rings (SSSR count). The van der Waals surface area contributed by atoms with Crippen LogP contribution in [0.2, 0.25) is 5.02 Å². The molecule has 1 aromatic heterocycles. The number of piperidine rings is 1. The molecule has 1 aliphatic rings. The number of rotatable bonds is 7. The summed E-state index contributed by atoms with van der Waals surface area (Å²) in [6, 6.07) is 5.61. The Hall–Kier alpha value is -1.10. The van der Waals surface area contributed by atoms with Gasteiger partial charge in [-0.3, -0.25) is 0 Å². The molecule has 0 bridgehead atoms. The third kappa shape index (κ3) is 4.46. The normalized spacial score (nSPS) is 17.1. The van der Waals surface area contributed by atoms with Crippen molar-refractivity contribution in [3.05, 3.63) is 29.1 Å². The van der Waals surface area contributed by atoms with Gasteiger partial charge in [0, 0.05) is 24.1 Å². The molecule has 1 aliphatic heterocycles. The van der Waals surface area contributed by atoms with E-state index in [4.69, 9.17) is 20.8 Å². The van der Waals surface area contributed by atoms with Crippen LogP contribution in [0.25, 0.3) is 11.1 Å². The van der Waals surface area contributed by atoms with Crippen molar-refractivity contribution in [1.29, 1.82) is 0 Å². The van der Waals surface area contributed by atoms with Crippen LogP contribution in [-0.4, -0.2) is 42.7 Å². The molecule has 0 spiro atoms. The van der Waals surface area contributed by atoms with Crippen LogP contribution in [0.5, 0.6) is 0 Å². The Bertz CT molecular complexity index is 621. The predicted octanol–water partition coefficient (Wildman–Crippen LogP) is 4.48. The van der Waals surface area contributed by atoms with Crippen molar-refractivity contribution in [2.24, 2.45) is 0 Å². The standard InChI is InChI=1S/C18H25ClN2O2/c1-2-3-11-22-12-10-21-8-6-14(7-9-21)18-20-16-13-15(19)4-5-17(16)23-18/h4-5,13-14H,2-3,6-12H2,1H3. The van der Waals surface area contributed by atoms with Gasteiger partial charge in [0.15, 0.2) is 11.5 Å². The van der Waals surface area contributed by atoms with E-state index in [0.29, 0.717) is 10.9 Å². The number of fused-ring (bicyclic) bond motifs is 1. The third-order valence-corrected chi connectivity index (χ3v) is 4.73. The fraction of sp³-hybridized carbons (Fsp3) is 0.611. The molecule has 2 heterocycles. The number of ether oxygens (including phenoxy) is 1. The molecule has 1 fully saturated rings. The van der Waals surface area contributed by atoms with Gasteiger partial charge in [-0.15, -0.1) is 0 Å². The van der Waals surface area contributed by atoms with Gasteiger partial charge in [0.25, 0.3) is 0 Å². The van der Waals surface area contributed by atoms with E-state index in [1.807, 2.05) is 18.2 Å². The molecule has 1 saturated heterocycles. The number of aromatic nitrogens is 1. The molecule has 0 atom stereocenters. The summed E-state index contributed by atoms with van der Waals surface area (Å²) < 4.78 is 11.6. The van der Waals surface area contributed by atoms with Crippen LogP contribution in [0.15, 0.2) is 22.6 Å². The van der Waals surface area contributed by atoms with Gasteiger partial charge in [-0.05, 0) is 50.6 Å². The van der Waals surface area contributed by atoms with Gasteiger partial charge in [-0.25, -0.2) is 4.98 Å². The minimum Gasteiger partial charge on any atom is -0.440 e. The average molecular weight is 337 g/mol. The molecular weight excluding hydrogens is 312 g/mol. The first-order valence-corrected chi connectivity index (χ1v) is 9.00. The first-order valence-electron chi connectivity index (χ1n) is 8.62. The van der Waals surface area contributed by atoms with Crippen LogP contribution in [0.4, 0.5) is 0 Å². The fourth-order valence-corrected chi connectivity index (χ4v) is 3.20. The molecule has 1 aromatic carbocycles. The maximum Gasteiger partial charge on any atom is 0.198 e. The number of unbranched alkanes of at least 4 members (excludes halogenated alkanes) is 1. The van der Waals surface area contributed by atoms with Crippen molar-refractivity contribution >= 4 is 22.7 Å². The van der Waals surface area contributed by atoms with Crippen molar-refractivity contribution in [2.75, 3.05) is 32.8 Å². The number of likely N-dealkylation sites (tertiary alicyclic amines) is 1. The third-order valence-electron chi connectivity index (χ3n) is 4.50. The molecule has 5 heteroatoms. The van der Waals surface area contributed by atoms with Crippen molar-refractivity contribution in [3.8, 4) is 0 Å². The lowest BCUT2D eigenvalue weighted by Gasteiger charge is -2.30. The molecule has 0 amide bonds. The van der Waals surface area contributed by atoms with Crippen LogP contribution >= 0.6 is 11.6 Å².